The van der Waals surface area contributed by atoms with Crippen molar-refractivity contribution in [1.29, 1.82) is 0 Å². The summed E-state index contributed by atoms with van der Waals surface area (Å²) in [7, 11) is 0. The number of hydrogen-bond acceptors (Lipinski definition) is 8. The van der Waals surface area contributed by atoms with Gasteiger partial charge in [-0.05, 0) is 66.5 Å². The van der Waals surface area contributed by atoms with Gasteiger partial charge in [-0.3, -0.25) is 34.1 Å². The van der Waals surface area contributed by atoms with Gasteiger partial charge in [-0.25, -0.2) is 4.98 Å². The average molecular weight is 586 g/mol. The summed E-state index contributed by atoms with van der Waals surface area (Å²) in [5.41, 5.74) is 1.51. The number of aromatic amines is 1. The van der Waals surface area contributed by atoms with Crippen molar-refractivity contribution in [3.63, 3.8) is 0 Å². The van der Waals surface area contributed by atoms with Crippen LogP contribution in [0.4, 0.5) is 5.69 Å². The topological polar surface area (TPSA) is 125 Å². The lowest BCUT2D eigenvalue weighted by Gasteiger charge is -2.29. The van der Waals surface area contributed by atoms with Gasteiger partial charge in [-0.2, -0.15) is 0 Å². The number of carbonyl (C=O) groups is 2. The number of pyridine rings is 1. The number of nitrogens with one attached hydrogen (secondary N) is 2. The summed E-state index contributed by atoms with van der Waals surface area (Å²) in [6.07, 6.45) is 2.80. The van der Waals surface area contributed by atoms with Gasteiger partial charge in [0.1, 0.15) is 16.2 Å². The summed E-state index contributed by atoms with van der Waals surface area (Å²) in [5.74, 6) is -1.43. The van der Waals surface area contributed by atoms with Crippen molar-refractivity contribution in [1.82, 2.24) is 30.1 Å². The molecule has 196 valence electrons. The third-order valence-corrected chi connectivity index (χ3v) is 7.50. The van der Waals surface area contributed by atoms with E-state index < -0.39 is 17.4 Å². The summed E-state index contributed by atoms with van der Waals surface area (Å²) in [6, 6.07) is 21.0. The van der Waals surface area contributed by atoms with Crippen LogP contribution in [0.25, 0.3) is 23.0 Å². The van der Waals surface area contributed by atoms with Crippen LogP contribution in [0.2, 0.25) is 5.02 Å². The number of rotatable bonds is 5. The van der Waals surface area contributed by atoms with E-state index in [0.717, 1.165) is 17.3 Å². The molecule has 40 heavy (non-hydrogen) atoms. The van der Waals surface area contributed by atoms with Crippen molar-refractivity contribution < 1.29 is 9.59 Å². The van der Waals surface area contributed by atoms with Crippen molar-refractivity contribution in [2.75, 3.05) is 4.90 Å². The quantitative estimate of drug-likeness (QED) is 0.137. The molecule has 2 amide bonds. The highest BCUT2D eigenvalue weighted by Gasteiger charge is 2.35. The first kappa shape index (κ1) is 25.6. The number of anilines is 1. The zero-order valence-corrected chi connectivity index (χ0v) is 22.6. The number of carbonyl (C=O) groups excluding carboxylic acids is 2. The molecule has 0 unspecified atom stereocenters. The van der Waals surface area contributed by atoms with E-state index in [2.05, 4.69) is 25.7 Å². The maximum absolute atomic E-state index is 13.7. The molecule has 1 aliphatic heterocycles. The van der Waals surface area contributed by atoms with Gasteiger partial charge in [0.15, 0.2) is 10.1 Å². The molecule has 0 atom stereocenters. The van der Waals surface area contributed by atoms with E-state index in [1.165, 1.54) is 15.4 Å². The predicted octanol–water partition coefficient (Wildman–Crippen LogP) is 4.12. The largest absolute Gasteiger partial charge is 0.298 e. The zero-order valence-electron chi connectivity index (χ0n) is 20.2. The van der Waals surface area contributed by atoms with E-state index in [0.29, 0.717) is 27.1 Å². The second kappa shape index (κ2) is 10.5. The maximum atomic E-state index is 13.7. The lowest BCUT2D eigenvalue weighted by Crippen LogP contribution is -2.54. The number of hydrogen-bond donors (Lipinski definition) is 2. The van der Waals surface area contributed by atoms with E-state index in [1.54, 1.807) is 48.7 Å². The van der Waals surface area contributed by atoms with Gasteiger partial charge >= 0.3 is 0 Å². The number of fused-ring (bicyclic) bond motifs is 1. The van der Waals surface area contributed by atoms with E-state index in [1.807, 2.05) is 30.3 Å². The summed E-state index contributed by atoms with van der Waals surface area (Å²) < 4.78 is 1.34. The number of halogens is 1. The Morgan fingerprint density at radius 3 is 2.45 bits per heavy atom. The maximum Gasteiger partial charge on any atom is 0.270 e. The van der Waals surface area contributed by atoms with Crippen molar-refractivity contribution in [2.24, 2.45) is 0 Å². The molecular weight excluding hydrogens is 570 g/mol. The lowest BCUT2D eigenvalue weighted by atomic mass is 10.1. The van der Waals surface area contributed by atoms with Gasteiger partial charge in [0.2, 0.25) is 0 Å². The highest BCUT2D eigenvalue weighted by Crippen LogP contribution is 2.34. The van der Waals surface area contributed by atoms with E-state index in [9.17, 15) is 14.4 Å². The van der Waals surface area contributed by atoms with Crippen LogP contribution in [0.15, 0.2) is 99.4 Å². The Kier molecular flexibility index (Phi) is 6.72. The van der Waals surface area contributed by atoms with Crippen LogP contribution in [0, 0.1) is 0 Å². The Bertz CT molecular complexity index is 1900. The fraction of sp³-hybridized carbons (Fsp3) is 0. The Balaban J connectivity index is 1.49. The minimum absolute atomic E-state index is 0.0260. The first-order chi connectivity index (χ1) is 19.4. The molecule has 3 aromatic heterocycles. The van der Waals surface area contributed by atoms with Crippen molar-refractivity contribution in [2.45, 2.75) is 10.1 Å². The van der Waals surface area contributed by atoms with Gasteiger partial charge in [0.25, 0.3) is 17.4 Å². The molecule has 1 aliphatic rings. The molecule has 13 heteroatoms. The number of H-pyrrole nitrogens is 1. The first-order valence-electron chi connectivity index (χ1n) is 11.7. The van der Waals surface area contributed by atoms with E-state index in [-0.39, 0.29) is 21.3 Å². The molecule has 0 bridgehead atoms. The molecule has 4 heterocycles. The third kappa shape index (κ3) is 4.68. The highest BCUT2D eigenvalue weighted by atomic mass is 35.5. The van der Waals surface area contributed by atoms with Crippen LogP contribution in [0.1, 0.15) is 5.56 Å². The molecule has 6 rings (SSSR count). The van der Waals surface area contributed by atoms with E-state index >= 15 is 0 Å². The van der Waals surface area contributed by atoms with Gasteiger partial charge in [0, 0.05) is 16.8 Å². The Hall–Kier alpha value is -4.65. The second-order valence-electron chi connectivity index (χ2n) is 8.46. The highest BCUT2D eigenvalue weighted by molar-refractivity contribution is 7.99. The van der Waals surface area contributed by atoms with Crippen LogP contribution in [0.5, 0.6) is 0 Å². The molecule has 10 nitrogen and oxygen atoms in total. The molecule has 1 fully saturated rings. The molecule has 0 aliphatic carbocycles. The smallest absolute Gasteiger partial charge is 0.270 e. The van der Waals surface area contributed by atoms with Gasteiger partial charge < -0.3 is 0 Å². The predicted molar refractivity (Wildman–Crippen MR) is 155 cm³/mol. The van der Waals surface area contributed by atoms with Gasteiger partial charge in [0.05, 0.1) is 16.9 Å². The van der Waals surface area contributed by atoms with Crippen LogP contribution in [-0.4, -0.2) is 41.7 Å². The average Bonchev–Trinajstić information content (AvgIpc) is 3.42. The minimum atomic E-state index is -0.736. The van der Waals surface area contributed by atoms with Crippen LogP contribution in [-0.2, 0) is 9.59 Å². The molecule has 0 spiro atoms. The molecule has 5 aromatic rings. The molecule has 2 N–H and O–H groups in total. The minimum Gasteiger partial charge on any atom is -0.298 e. The van der Waals surface area contributed by atoms with Crippen LogP contribution in [0.3, 0.4) is 0 Å². The molecule has 2 aromatic carbocycles. The summed E-state index contributed by atoms with van der Waals surface area (Å²) in [6.45, 7) is 0. The first-order valence-corrected chi connectivity index (χ1v) is 13.3. The van der Waals surface area contributed by atoms with Crippen molar-refractivity contribution >= 4 is 69.9 Å². The fourth-order valence-electron chi connectivity index (χ4n) is 4.08. The van der Waals surface area contributed by atoms with Crippen LogP contribution < -0.4 is 15.8 Å². The summed E-state index contributed by atoms with van der Waals surface area (Å²) in [5, 5.41) is 14.6. The number of benzene rings is 2. The molecule has 0 radical (unpaired) electrons. The number of amides is 2. The number of thiocarbonyl (C=S) groups is 1. The molecule has 1 saturated heterocycles. The number of aromatic nitrogens is 5. The summed E-state index contributed by atoms with van der Waals surface area (Å²) in [4.78, 5) is 46.1. The third-order valence-electron chi connectivity index (χ3n) is 5.98. The van der Waals surface area contributed by atoms with Gasteiger partial charge in [-0.1, -0.05) is 53.2 Å². The van der Waals surface area contributed by atoms with Gasteiger partial charge in [-0.15, -0.1) is 5.10 Å². The fourth-order valence-corrected chi connectivity index (χ4v) is 5.42. The van der Waals surface area contributed by atoms with Crippen molar-refractivity contribution in [3.05, 3.63) is 106 Å². The Morgan fingerprint density at radius 1 is 0.925 bits per heavy atom. The Morgan fingerprint density at radius 2 is 1.68 bits per heavy atom. The summed E-state index contributed by atoms with van der Waals surface area (Å²) >= 11 is 12.4. The lowest BCUT2D eigenvalue weighted by molar-refractivity contribution is -0.122. The molecular formula is C27H16ClN7O3S2. The monoisotopic (exact) mass is 585 g/mol. The second-order valence-corrected chi connectivity index (χ2v) is 10.3. The zero-order chi connectivity index (χ0) is 27.8. The standard InChI is InChI=1S/C27H16ClN7O3S2/c28-16-9-11-17(12-10-16)35-26(38)18(22(36)30-27(35)39)14-19-23(29-20-8-4-5-13-34(20)25(19)37)40-24-21(31-33-32-24)15-6-2-1-3-7-15/h1-14H,(H,30,36,39)(H,31,32,33). The normalized spacial score (nSPS) is 14.7. The van der Waals surface area contributed by atoms with Crippen LogP contribution >= 0.6 is 35.6 Å². The van der Waals surface area contributed by atoms with E-state index in [4.69, 9.17) is 23.8 Å². The SMILES string of the molecule is O=C1NC(=S)N(c2ccc(Cl)cc2)C(=O)C1=Cc1c(Sc2nn[nH]c2-c2ccccc2)nc2ccccn2c1=O. The molecule has 0 saturated carbocycles. The number of nitrogens with zero attached hydrogens (tertiary/aromatic N) is 5. The van der Waals surface area contributed by atoms with Crippen molar-refractivity contribution in [3.8, 4) is 11.3 Å². The Labute approximate surface area is 240 Å².